The van der Waals surface area contributed by atoms with E-state index in [4.69, 9.17) is 15.0 Å². The maximum absolute atomic E-state index is 5.46. The van der Waals surface area contributed by atoms with Crippen molar-refractivity contribution in [2.45, 2.75) is 0 Å². The molecular weight excluding hydrogens is 801 g/mol. The van der Waals surface area contributed by atoms with Gasteiger partial charge in [-0.2, -0.15) is 9.97 Å². The first-order valence-electron chi connectivity index (χ1n) is 21.5. The van der Waals surface area contributed by atoms with Gasteiger partial charge in [-0.05, 0) is 54.6 Å². The molecule has 7 heteroatoms. The number of rotatable bonds is 5. The number of hydrogen-bond acceptors (Lipinski definition) is 4. The average molecular weight is 835 g/mol. The van der Waals surface area contributed by atoms with E-state index >= 15 is 0 Å². The summed E-state index contributed by atoms with van der Waals surface area (Å²) in [7, 11) is 0. The minimum absolute atomic E-state index is 0.557. The van der Waals surface area contributed by atoms with Crippen LogP contribution in [0.2, 0.25) is 0 Å². The Hall–Kier alpha value is -8.39. The van der Waals surface area contributed by atoms with Gasteiger partial charge in [0.2, 0.25) is 5.95 Å². The maximum atomic E-state index is 5.46. The van der Waals surface area contributed by atoms with E-state index in [1.54, 1.807) is 11.3 Å². The molecule has 5 aromatic heterocycles. The van der Waals surface area contributed by atoms with Crippen LogP contribution in [0.25, 0.3) is 126 Å². The number of nitrogens with zero attached hydrogens (tertiary/aromatic N) is 6. The number of thiophene rings is 1. The van der Waals surface area contributed by atoms with Gasteiger partial charge in [-0.25, -0.2) is 4.98 Å². The van der Waals surface area contributed by atoms with E-state index in [2.05, 4.69) is 202 Å². The number of benzene rings is 9. The van der Waals surface area contributed by atoms with E-state index in [0.717, 1.165) is 66.4 Å². The second kappa shape index (κ2) is 13.6. The molecule has 0 atom stereocenters. The fourth-order valence-electron chi connectivity index (χ4n) is 10.2. The lowest BCUT2D eigenvalue weighted by atomic mass is 10.0. The molecule has 0 saturated carbocycles. The van der Waals surface area contributed by atoms with Crippen molar-refractivity contribution in [3.63, 3.8) is 0 Å². The number of para-hydroxylation sites is 5. The van der Waals surface area contributed by atoms with Crippen LogP contribution in [0, 0.1) is 0 Å². The summed E-state index contributed by atoms with van der Waals surface area (Å²) in [5.41, 5.74) is 10.6. The van der Waals surface area contributed by atoms with Crippen LogP contribution in [0.5, 0.6) is 0 Å². The fourth-order valence-corrected chi connectivity index (χ4v) is 11.3. The lowest BCUT2D eigenvalue weighted by molar-refractivity contribution is 0.953. The molecule has 64 heavy (non-hydrogen) atoms. The van der Waals surface area contributed by atoms with Crippen LogP contribution in [-0.4, -0.2) is 28.7 Å². The van der Waals surface area contributed by atoms with Gasteiger partial charge in [0, 0.05) is 69.3 Å². The third-order valence-electron chi connectivity index (χ3n) is 12.9. The third-order valence-corrected chi connectivity index (χ3v) is 14.0. The van der Waals surface area contributed by atoms with Crippen LogP contribution in [-0.2, 0) is 0 Å². The first-order valence-corrected chi connectivity index (χ1v) is 22.4. The first-order chi connectivity index (χ1) is 31.8. The van der Waals surface area contributed by atoms with Crippen molar-refractivity contribution >= 4 is 96.9 Å². The SMILES string of the molecule is c1ccc(-c2nc(-c3ccc4c(c3)sc3ccccc34)nc(-n3c4ccccc4c4c(-n5c6ccccc6c6ccccc65)c5c6ccccc6n(-c6ccccc6)c5cc43)n2)cc1. The van der Waals surface area contributed by atoms with Crippen LogP contribution in [0.4, 0.5) is 0 Å². The summed E-state index contributed by atoms with van der Waals surface area (Å²) in [6.07, 6.45) is 0. The number of aromatic nitrogens is 6. The molecule has 0 radical (unpaired) electrons. The van der Waals surface area contributed by atoms with Gasteiger partial charge in [-0.3, -0.25) is 4.57 Å². The number of fused-ring (bicyclic) bond motifs is 12. The lowest BCUT2D eigenvalue weighted by Crippen LogP contribution is -2.07. The molecule has 0 spiro atoms. The van der Waals surface area contributed by atoms with E-state index in [9.17, 15) is 0 Å². The van der Waals surface area contributed by atoms with Gasteiger partial charge in [0.05, 0.1) is 38.8 Å². The highest BCUT2D eigenvalue weighted by Gasteiger charge is 2.27. The van der Waals surface area contributed by atoms with Crippen molar-refractivity contribution in [3.05, 3.63) is 206 Å². The van der Waals surface area contributed by atoms with Crippen molar-refractivity contribution in [1.29, 1.82) is 0 Å². The van der Waals surface area contributed by atoms with Crippen LogP contribution in [0.15, 0.2) is 206 Å². The molecule has 0 unspecified atom stereocenters. The predicted molar refractivity (Wildman–Crippen MR) is 267 cm³/mol. The summed E-state index contributed by atoms with van der Waals surface area (Å²) in [6, 6.07) is 73.7. The van der Waals surface area contributed by atoms with Gasteiger partial charge in [-0.1, -0.05) is 152 Å². The van der Waals surface area contributed by atoms with Crippen molar-refractivity contribution in [3.8, 4) is 40.1 Å². The van der Waals surface area contributed by atoms with E-state index in [-0.39, 0.29) is 0 Å². The minimum Gasteiger partial charge on any atom is -0.309 e. The Morgan fingerprint density at radius 1 is 0.312 bits per heavy atom. The fraction of sp³-hybridized carbons (Fsp3) is 0. The highest BCUT2D eigenvalue weighted by atomic mass is 32.1. The van der Waals surface area contributed by atoms with E-state index in [0.29, 0.717) is 17.6 Å². The number of hydrogen-bond donors (Lipinski definition) is 0. The van der Waals surface area contributed by atoms with Crippen LogP contribution >= 0.6 is 11.3 Å². The van der Waals surface area contributed by atoms with Gasteiger partial charge >= 0.3 is 0 Å². The van der Waals surface area contributed by atoms with Gasteiger partial charge in [0.25, 0.3) is 0 Å². The van der Waals surface area contributed by atoms with Crippen molar-refractivity contribution in [1.82, 2.24) is 28.7 Å². The Labute approximate surface area is 370 Å². The van der Waals surface area contributed by atoms with E-state index in [1.807, 2.05) is 18.2 Å². The van der Waals surface area contributed by atoms with Gasteiger partial charge < -0.3 is 9.13 Å². The molecule has 0 fully saturated rings. The molecule has 5 heterocycles. The molecular formula is C57H34N6S. The predicted octanol–water partition coefficient (Wildman–Crippen LogP) is 14.9. The Balaban J connectivity index is 1.16. The highest BCUT2D eigenvalue weighted by molar-refractivity contribution is 7.25. The van der Waals surface area contributed by atoms with Crippen LogP contribution in [0.1, 0.15) is 0 Å². The summed E-state index contributed by atoms with van der Waals surface area (Å²) in [4.78, 5) is 16.1. The Morgan fingerprint density at radius 2 is 0.797 bits per heavy atom. The van der Waals surface area contributed by atoms with E-state index in [1.165, 1.54) is 41.7 Å². The van der Waals surface area contributed by atoms with Gasteiger partial charge in [0.1, 0.15) is 0 Å². The smallest absolute Gasteiger partial charge is 0.238 e. The molecule has 14 aromatic rings. The summed E-state index contributed by atoms with van der Waals surface area (Å²) in [6.45, 7) is 0. The second-order valence-electron chi connectivity index (χ2n) is 16.4. The standard InChI is InChI=1S/C57H34N6S/c1-3-17-35(18-4-1)55-58-56(36-31-32-41-40-23-11-16-30-50(40)64-51(41)33-36)60-57(59-55)63-47-29-15-10-25-43(47)53-49(63)34-48-52(42-24-9-14-28-46(42)61(48)37-19-5-2-6-20-37)54(53)62-44-26-12-7-21-38(44)39-22-8-13-27-45(39)62/h1-34H. The Bertz CT molecular complexity index is 4140. The monoisotopic (exact) mass is 834 g/mol. The van der Waals surface area contributed by atoms with Crippen LogP contribution in [0.3, 0.4) is 0 Å². The molecule has 0 saturated heterocycles. The third kappa shape index (κ3) is 5.04. The molecule has 0 bridgehead atoms. The quantitative estimate of drug-likeness (QED) is 0.174. The average Bonchev–Trinajstić information content (AvgIpc) is 4.10. The zero-order valence-electron chi connectivity index (χ0n) is 34.2. The normalized spacial score (nSPS) is 12.1. The zero-order chi connectivity index (χ0) is 41.9. The topological polar surface area (TPSA) is 53.5 Å². The Morgan fingerprint density at radius 3 is 1.45 bits per heavy atom. The molecule has 14 rings (SSSR count). The molecule has 9 aromatic carbocycles. The summed E-state index contributed by atoms with van der Waals surface area (Å²) >= 11 is 1.80. The van der Waals surface area contributed by atoms with Gasteiger partial charge in [-0.15, -0.1) is 11.3 Å². The second-order valence-corrected chi connectivity index (χ2v) is 17.5. The minimum atomic E-state index is 0.557. The molecule has 298 valence electrons. The maximum Gasteiger partial charge on any atom is 0.238 e. The van der Waals surface area contributed by atoms with Crippen LogP contribution < -0.4 is 0 Å². The molecule has 6 nitrogen and oxygen atoms in total. The summed E-state index contributed by atoms with van der Waals surface area (Å²) in [5.74, 6) is 1.79. The zero-order valence-corrected chi connectivity index (χ0v) is 35.0. The summed E-state index contributed by atoms with van der Waals surface area (Å²) in [5, 5.41) is 9.52. The van der Waals surface area contributed by atoms with E-state index < -0.39 is 0 Å². The molecule has 0 N–H and O–H groups in total. The lowest BCUT2D eigenvalue weighted by Gasteiger charge is -2.15. The molecule has 0 aliphatic rings. The Kier molecular flexibility index (Phi) is 7.46. The first kappa shape index (κ1) is 35.2. The van der Waals surface area contributed by atoms with Crippen molar-refractivity contribution in [2.75, 3.05) is 0 Å². The molecule has 0 aliphatic carbocycles. The summed E-state index contributed by atoms with van der Waals surface area (Å²) < 4.78 is 9.65. The highest BCUT2D eigenvalue weighted by Crippen LogP contribution is 2.47. The largest absolute Gasteiger partial charge is 0.309 e. The van der Waals surface area contributed by atoms with Crippen molar-refractivity contribution in [2.24, 2.45) is 0 Å². The van der Waals surface area contributed by atoms with Gasteiger partial charge in [0.15, 0.2) is 11.6 Å². The molecule has 0 aliphatic heterocycles. The van der Waals surface area contributed by atoms with Crippen molar-refractivity contribution < 1.29 is 0 Å². The molecule has 0 amide bonds.